The Bertz CT molecular complexity index is 930. The van der Waals surface area contributed by atoms with Crippen LogP contribution in [0.2, 0.25) is 0 Å². The third-order valence-electron chi connectivity index (χ3n) is 6.21. The van der Waals surface area contributed by atoms with Gasteiger partial charge in [-0.1, -0.05) is 12.1 Å². The Balaban J connectivity index is 1.39. The lowest BCUT2D eigenvalue weighted by Gasteiger charge is -2.35. The Morgan fingerprint density at radius 3 is 2.62 bits per heavy atom. The van der Waals surface area contributed by atoms with E-state index in [4.69, 9.17) is 14.2 Å². The molecule has 7 heteroatoms. The van der Waals surface area contributed by atoms with Crippen LogP contribution in [-0.4, -0.2) is 63.6 Å². The number of nitrogens with one attached hydrogen (secondary N) is 1. The smallest absolute Gasteiger partial charge is 0.230 e. The molecule has 0 saturated carbocycles. The number of aryl methyl sites for hydroxylation is 2. The van der Waals surface area contributed by atoms with Crippen molar-refractivity contribution in [2.24, 2.45) is 0 Å². The summed E-state index contributed by atoms with van der Waals surface area (Å²) in [5.41, 5.74) is 3.99. The fourth-order valence-corrected chi connectivity index (χ4v) is 5.25. The molecule has 1 unspecified atom stereocenters. The van der Waals surface area contributed by atoms with Gasteiger partial charge in [0.25, 0.3) is 0 Å². The summed E-state index contributed by atoms with van der Waals surface area (Å²) in [5, 5.41) is 3.15. The fraction of sp³-hybridized carbons (Fsp3) is 0.480. The van der Waals surface area contributed by atoms with Crippen molar-refractivity contribution in [3.63, 3.8) is 0 Å². The van der Waals surface area contributed by atoms with Crippen LogP contribution in [0.3, 0.4) is 0 Å². The standard InChI is InChI=1S/C25H32N2O4S/c1-29-23-9-7-20(15-24(23)30-2)22(27-10-12-31-13-11-27)16-26-25(28)17-32-21-8-6-18-4-3-5-19(18)14-21/h6-9,14-15,22H,3-5,10-13,16-17H2,1-2H3,(H,26,28). The Hall–Kier alpha value is -2.22. The topological polar surface area (TPSA) is 60.0 Å². The minimum atomic E-state index is 0.0488. The first-order valence-corrected chi connectivity index (χ1v) is 12.2. The molecule has 2 aromatic carbocycles. The van der Waals surface area contributed by atoms with Crippen LogP contribution in [0.25, 0.3) is 0 Å². The maximum absolute atomic E-state index is 12.7. The molecule has 1 fully saturated rings. The van der Waals surface area contributed by atoms with E-state index >= 15 is 0 Å². The first kappa shape index (κ1) is 23.0. The van der Waals surface area contributed by atoms with Crippen molar-refractivity contribution < 1.29 is 19.0 Å². The normalized spacial score (nSPS) is 16.9. The molecule has 1 aliphatic carbocycles. The molecule has 1 heterocycles. The molecule has 1 N–H and O–H groups in total. The number of morpholine rings is 1. The Morgan fingerprint density at radius 1 is 1.06 bits per heavy atom. The summed E-state index contributed by atoms with van der Waals surface area (Å²) in [5.74, 6) is 1.86. The molecule has 1 saturated heterocycles. The summed E-state index contributed by atoms with van der Waals surface area (Å²) >= 11 is 1.61. The molecule has 4 rings (SSSR count). The lowest BCUT2D eigenvalue weighted by molar-refractivity contribution is -0.118. The predicted molar refractivity (Wildman–Crippen MR) is 127 cm³/mol. The molecule has 0 radical (unpaired) electrons. The number of hydrogen-bond donors (Lipinski definition) is 1. The van der Waals surface area contributed by atoms with Crippen molar-refractivity contribution >= 4 is 17.7 Å². The Morgan fingerprint density at radius 2 is 1.84 bits per heavy atom. The lowest BCUT2D eigenvalue weighted by atomic mass is 10.0. The van der Waals surface area contributed by atoms with Gasteiger partial charge in [-0.25, -0.2) is 0 Å². The molecule has 172 valence electrons. The SMILES string of the molecule is COc1ccc(C(CNC(=O)CSc2ccc3c(c2)CCC3)N2CCOCC2)cc1OC. The zero-order valence-electron chi connectivity index (χ0n) is 18.9. The molecule has 32 heavy (non-hydrogen) atoms. The number of ether oxygens (including phenoxy) is 3. The molecule has 2 aliphatic rings. The minimum Gasteiger partial charge on any atom is -0.493 e. The van der Waals surface area contributed by atoms with Gasteiger partial charge in [0.1, 0.15) is 0 Å². The van der Waals surface area contributed by atoms with Crippen molar-refractivity contribution in [1.29, 1.82) is 0 Å². The van der Waals surface area contributed by atoms with Crippen LogP contribution >= 0.6 is 11.8 Å². The third kappa shape index (κ3) is 5.57. The van der Waals surface area contributed by atoms with E-state index in [1.807, 2.05) is 18.2 Å². The van der Waals surface area contributed by atoms with Crippen LogP contribution in [-0.2, 0) is 22.4 Å². The largest absolute Gasteiger partial charge is 0.493 e. The highest BCUT2D eigenvalue weighted by atomic mass is 32.2. The van der Waals surface area contributed by atoms with Gasteiger partial charge in [-0.05, 0) is 60.2 Å². The van der Waals surface area contributed by atoms with Gasteiger partial charge in [-0.2, -0.15) is 0 Å². The van der Waals surface area contributed by atoms with Crippen LogP contribution < -0.4 is 14.8 Å². The first-order valence-electron chi connectivity index (χ1n) is 11.2. The van der Waals surface area contributed by atoms with E-state index in [0.717, 1.165) is 25.1 Å². The summed E-state index contributed by atoms with van der Waals surface area (Å²) in [4.78, 5) is 16.2. The predicted octanol–water partition coefficient (Wildman–Crippen LogP) is 3.47. The Kier molecular flexibility index (Phi) is 7.95. The summed E-state index contributed by atoms with van der Waals surface area (Å²) in [6.07, 6.45) is 3.57. The number of rotatable bonds is 9. The quantitative estimate of drug-likeness (QED) is 0.583. The monoisotopic (exact) mass is 456 g/mol. The van der Waals surface area contributed by atoms with E-state index in [1.165, 1.54) is 28.9 Å². The maximum atomic E-state index is 12.7. The van der Waals surface area contributed by atoms with Gasteiger partial charge in [0.05, 0.1) is 39.2 Å². The average Bonchev–Trinajstić information content (AvgIpc) is 3.31. The second kappa shape index (κ2) is 11.1. The van der Waals surface area contributed by atoms with E-state index in [0.29, 0.717) is 37.0 Å². The molecular weight excluding hydrogens is 424 g/mol. The van der Waals surface area contributed by atoms with E-state index in [9.17, 15) is 4.79 Å². The van der Waals surface area contributed by atoms with Gasteiger partial charge in [-0.3, -0.25) is 9.69 Å². The molecule has 1 atom stereocenters. The van der Waals surface area contributed by atoms with Gasteiger partial charge < -0.3 is 19.5 Å². The van der Waals surface area contributed by atoms with E-state index in [1.54, 1.807) is 26.0 Å². The zero-order chi connectivity index (χ0) is 22.3. The molecule has 0 bridgehead atoms. The number of benzene rings is 2. The maximum Gasteiger partial charge on any atom is 0.230 e. The van der Waals surface area contributed by atoms with Gasteiger partial charge >= 0.3 is 0 Å². The van der Waals surface area contributed by atoms with Crippen molar-refractivity contribution in [2.75, 3.05) is 52.8 Å². The van der Waals surface area contributed by atoms with Gasteiger partial charge in [0, 0.05) is 24.5 Å². The van der Waals surface area contributed by atoms with Crippen LogP contribution in [0.15, 0.2) is 41.3 Å². The third-order valence-corrected chi connectivity index (χ3v) is 7.21. The number of thioether (sulfide) groups is 1. The number of nitrogens with zero attached hydrogens (tertiary/aromatic N) is 1. The molecule has 1 aliphatic heterocycles. The van der Waals surface area contributed by atoms with Crippen molar-refractivity contribution in [3.05, 3.63) is 53.1 Å². The van der Waals surface area contributed by atoms with E-state index in [2.05, 4.69) is 28.4 Å². The van der Waals surface area contributed by atoms with Gasteiger partial charge in [-0.15, -0.1) is 11.8 Å². The highest BCUT2D eigenvalue weighted by Crippen LogP contribution is 2.32. The van der Waals surface area contributed by atoms with Crippen molar-refractivity contribution in [3.8, 4) is 11.5 Å². The second-order valence-corrected chi connectivity index (χ2v) is 9.20. The highest BCUT2D eigenvalue weighted by Gasteiger charge is 2.24. The average molecular weight is 457 g/mol. The molecule has 0 aromatic heterocycles. The Labute approximate surface area is 194 Å². The van der Waals surface area contributed by atoms with Gasteiger partial charge in [0.15, 0.2) is 11.5 Å². The number of fused-ring (bicyclic) bond motifs is 1. The number of methoxy groups -OCH3 is 2. The number of carbonyl (C=O) groups excluding carboxylic acids is 1. The van der Waals surface area contributed by atoms with Crippen LogP contribution in [0.1, 0.15) is 29.2 Å². The summed E-state index contributed by atoms with van der Waals surface area (Å²) < 4.78 is 16.4. The minimum absolute atomic E-state index is 0.0488. The summed E-state index contributed by atoms with van der Waals surface area (Å²) in [6, 6.07) is 12.6. The van der Waals surface area contributed by atoms with Crippen LogP contribution in [0, 0.1) is 0 Å². The lowest BCUT2D eigenvalue weighted by Crippen LogP contribution is -2.44. The molecule has 0 spiro atoms. The highest BCUT2D eigenvalue weighted by molar-refractivity contribution is 8.00. The number of hydrogen-bond acceptors (Lipinski definition) is 6. The van der Waals surface area contributed by atoms with Crippen LogP contribution in [0.4, 0.5) is 0 Å². The molecule has 2 aromatic rings. The molecule has 1 amide bonds. The van der Waals surface area contributed by atoms with Crippen molar-refractivity contribution in [2.45, 2.75) is 30.2 Å². The van der Waals surface area contributed by atoms with E-state index in [-0.39, 0.29) is 11.9 Å². The summed E-state index contributed by atoms with van der Waals surface area (Å²) in [6.45, 7) is 3.61. The zero-order valence-corrected chi connectivity index (χ0v) is 19.7. The van der Waals surface area contributed by atoms with Gasteiger partial charge in [0.2, 0.25) is 5.91 Å². The number of carbonyl (C=O) groups is 1. The van der Waals surface area contributed by atoms with E-state index < -0.39 is 0 Å². The second-order valence-electron chi connectivity index (χ2n) is 8.16. The molecule has 6 nitrogen and oxygen atoms in total. The number of amides is 1. The molecular formula is C25H32N2O4S. The first-order chi connectivity index (χ1) is 15.7. The fourth-order valence-electron chi connectivity index (χ4n) is 4.46. The van der Waals surface area contributed by atoms with Crippen LogP contribution in [0.5, 0.6) is 11.5 Å². The summed E-state index contributed by atoms with van der Waals surface area (Å²) in [7, 11) is 3.28. The van der Waals surface area contributed by atoms with Crippen molar-refractivity contribution in [1.82, 2.24) is 10.2 Å².